The second-order valence-corrected chi connectivity index (χ2v) is 6.21. The summed E-state index contributed by atoms with van der Waals surface area (Å²) in [5.41, 5.74) is 9.87. The van der Waals surface area contributed by atoms with Gasteiger partial charge in [0.25, 0.3) is 0 Å². The van der Waals surface area contributed by atoms with Gasteiger partial charge in [-0.05, 0) is 25.6 Å². The summed E-state index contributed by atoms with van der Waals surface area (Å²) >= 11 is 13.7. The number of imidazole rings is 1. The van der Waals surface area contributed by atoms with E-state index in [-0.39, 0.29) is 0 Å². The number of nitrogens with two attached hydrogens (primary N) is 1. The molecule has 0 bridgehead atoms. The zero-order valence-corrected chi connectivity index (χ0v) is 13.2. The van der Waals surface area contributed by atoms with Crippen LogP contribution in [-0.2, 0) is 6.42 Å². The third kappa shape index (κ3) is 2.23. The van der Waals surface area contributed by atoms with Crippen LogP contribution in [0.25, 0.3) is 16.2 Å². The van der Waals surface area contributed by atoms with Crippen LogP contribution in [0.4, 0.5) is 0 Å². The molecule has 0 aliphatic carbocycles. The van der Waals surface area contributed by atoms with Crippen LogP contribution < -0.4 is 5.73 Å². The van der Waals surface area contributed by atoms with Crippen LogP contribution in [0.15, 0.2) is 23.6 Å². The largest absolute Gasteiger partial charge is 0.330 e. The Morgan fingerprint density at radius 3 is 2.80 bits per heavy atom. The summed E-state index contributed by atoms with van der Waals surface area (Å²) in [5, 5.41) is 3.21. The van der Waals surface area contributed by atoms with E-state index in [9.17, 15) is 0 Å². The van der Waals surface area contributed by atoms with Gasteiger partial charge in [0.15, 0.2) is 4.96 Å². The quantitative estimate of drug-likeness (QED) is 0.785. The smallest absolute Gasteiger partial charge is 0.194 e. The van der Waals surface area contributed by atoms with E-state index in [0.717, 1.165) is 28.3 Å². The SMILES string of the molecule is Cc1c(-c2ccc(Cl)c(Cl)c2)nc2scc(CCN)n12. The van der Waals surface area contributed by atoms with E-state index in [1.807, 2.05) is 12.1 Å². The van der Waals surface area contributed by atoms with Crippen molar-refractivity contribution < 1.29 is 0 Å². The van der Waals surface area contributed by atoms with Crippen LogP contribution in [0.3, 0.4) is 0 Å². The highest BCUT2D eigenvalue weighted by atomic mass is 35.5. The van der Waals surface area contributed by atoms with E-state index in [2.05, 4.69) is 16.7 Å². The molecular formula is C14H13Cl2N3S. The molecule has 6 heteroatoms. The maximum Gasteiger partial charge on any atom is 0.194 e. The fraction of sp³-hybridized carbons (Fsp3) is 0.214. The first-order valence-corrected chi connectivity index (χ1v) is 7.86. The summed E-state index contributed by atoms with van der Waals surface area (Å²) in [6, 6.07) is 5.59. The van der Waals surface area contributed by atoms with Gasteiger partial charge in [-0.15, -0.1) is 11.3 Å². The van der Waals surface area contributed by atoms with E-state index in [0.29, 0.717) is 16.6 Å². The van der Waals surface area contributed by atoms with E-state index in [1.54, 1.807) is 17.4 Å². The summed E-state index contributed by atoms with van der Waals surface area (Å²) < 4.78 is 2.16. The van der Waals surface area contributed by atoms with Gasteiger partial charge in [-0.2, -0.15) is 0 Å². The molecule has 2 aromatic heterocycles. The first-order chi connectivity index (χ1) is 9.61. The zero-order valence-electron chi connectivity index (χ0n) is 10.9. The van der Waals surface area contributed by atoms with Crippen molar-refractivity contribution >= 4 is 39.5 Å². The molecule has 0 saturated carbocycles. The van der Waals surface area contributed by atoms with Crippen molar-refractivity contribution in [2.45, 2.75) is 13.3 Å². The number of fused-ring (bicyclic) bond motifs is 1. The molecular weight excluding hydrogens is 313 g/mol. The minimum atomic E-state index is 0.544. The number of hydrogen-bond donors (Lipinski definition) is 1. The Morgan fingerprint density at radius 2 is 2.10 bits per heavy atom. The van der Waals surface area contributed by atoms with Crippen molar-refractivity contribution in [2.24, 2.45) is 5.73 Å². The van der Waals surface area contributed by atoms with Gasteiger partial charge < -0.3 is 5.73 Å². The fourth-order valence-electron chi connectivity index (χ4n) is 2.30. The highest BCUT2D eigenvalue weighted by Gasteiger charge is 2.15. The lowest BCUT2D eigenvalue weighted by atomic mass is 10.1. The molecule has 2 heterocycles. The molecule has 3 rings (SSSR count). The third-order valence-corrected chi connectivity index (χ3v) is 4.87. The van der Waals surface area contributed by atoms with Crippen molar-refractivity contribution in [2.75, 3.05) is 6.54 Å². The molecule has 0 unspecified atom stereocenters. The molecule has 104 valence electrons. The van der Waals surface area contributed by atoms with Crippen molar-refractivity contribution in [3.63, 3.8) is 0 Å². The van der Waals surface area contributed by atoms with Crippen LogP contribution >= 0.6 is 34.5 Å². The second kappa shape index (κ2) is 5.37. The molecule has 3 aromatic rings. The highest BCUT2D eigenvalue weighted by Crippen LogP contribution is 2.32. The second-order valence-electron chi connectivity index (χ2n) is 4.56. The molecule has 20 heavy (non-hydrogen) atoms. The van der Waals surface area contributed by atoms with Crippen LogP contribution in [0, 0.1) is 6.92 Å². The lowest BCUT2D eigenvalue weighted by Crippen LogP contribution is -2.05. The van der Waals surface area contributed by atoms with E-state index >= 15 is 0 Å². The number of rotatable bonds is 3. The standard InChI is InChI=1S/C14H13Cl2N3S/c1-8-13(9-2-3-11(15)12(16)6-9)18-14-19(8)10(4-5-17)7-20-14/h2-3,6-7H,4-5,17H2,1H3. The molecule has 0 aliphatic heterocycles. The molecule has 0 fully saturated rings. The first kappa shape index (κ1) is 13.9. The predicted molar refractivity (Wildman–Crippen MR) is 86.0 cm³/mol. The number of thiazole rings is 1. The molecule has 0 spiro atoms. The van der Waals surface area contributed by atoms with Crippen LogP contribution in [0.5, 0.6) is 0 Å². The van der Waals surface area contributed by atoms with Gasteiger partial charge in [0.2, 0.25) is 0 Å². The van der Waals surface area contributed by atoms with Crippen LogP contribution in [0.2, 0.25) is 10.0 Å². The normalized spacial score (nSPS) is 11.4. The zero-order chi connectivity index (χ0) is 14.3. The average molecular weight is 326 g/mol. The maximum absolute atomic E-state index is 6.09. The Bertz CT molecular complexity index is 776. The molecule has 1 aromatic carbocycles. The Morgan fingerprint density at radius 1 is 1.30 bits per heavy atom. The number of aryl methyl sites for hydroxylation is 1. The molecule has 0 aliphatic rings. The van der Waals surface area contributed by atoms with Crippen molar-refractivity contribution in [3.8, 4) is 11.3 Å². The highest BCUT2D eigenvalue weighted by molar-refractivity contribution is 7.15. The van der Waals surface area contributed by atoms with Gasteiger partial charge in [0.1, 0.15) is 0 Å². The minimum Gasteiger partial charge on any atom is -0.330 e. The van der Waals surface area contributed by atoms with Crippen LogP contribution in [-0.4, -0.2) is 15.9 Å². The number of nitrogens with zero attached hydrogens (tertiary/aromatic N) is 2. The molecule has 0 radical (unpaired) electrons. The van der Waals surface area contributed by atoms with Gasteiger partial charge in [0.05, 0.1) is 15.7 Å². The summed E-state index contributed by atoms with van der Waals surface area (Å²) in [6.07, 6.45) is 0.845. The van der Waals surface area contributed by atoms with Gasteiger partial charge in [0, 0.05) is 28.8 Å². The monoisotopic (exact) mass is 325 g/mol. The Balaban J connectivity index is 2.16. The van der Waals surface area contributed by atoms with E-state index < -0.39 is 0 Å². The maximum atomic E-state index is 6.09. The van der Waals surface area contributed by atoms with E-state index in [4.69, 9.17) is 33.9 Å². The van der Waals surface area contributed by atoms with E-state index in [1.165, 1.54) is 5.69 Å². The number of halogens is 2. The van der Waals surface area contributed by atoms with Crippen molar-refractivity contribution in [1.29, 1.82) is 0 Å². The Labute approximate surface area is 131 Å². The van der Waals surface area contributed by atoms with Crippen molar-refractivity contribution in [1.82, 2.24) is 9.38 Å². The summed E-state index contributed by atoms with van der Waals surface area (Å²) in [4.78, 5) is 5.67. The number of aromatic nitrogens is 2. The number of benzene rings is 1. The summed E-state index contributed by atoms with van der Waals surface area (Å²) in [7, 11) is 0. The predicted octanol–water partition coefficient (Wildman–Crippen LogP) is 4.18. The lowest BCUT2D eigenvalue weighted by Gasteiger charge is -2.03. The number of hydrogen-bond acceptors (Lipinski definition) is 3. The van der Waals surface area contributed by atoms with Crippen LogP contribution in [0.1, 0.15) is 11.4 Å². The Kier molecular flexibility index (Phi) is 3.73. The van der Waals surface area contributed by atoms with Gasteiger partial charge >= 0.3 is 0 Å². The molecule has 0 saturated heterocycles. The lowest BCUT2D eigenvalue weighted by molar-refractivity contribution is 0.896. The molecule has 2 N–H and O–H groups in total. The van der Waals surface area contributed by atoms with Gasteiger partial charge in [-0.1, -0.05) is 29.3 Å². The average Bonchev–Trinajstić information content (AvgIpc) is 2.95. The molecule has 0 atom stereocenters. The minimum absolute atomic E-state index is 0.544. The fourth-order valence-corrected chi connectivity index (χ4v) is 3.57. The first-order valence-electron chi connectivity index (χ1n) is 6.22. The summed E-state index contributed by atoms with van der Waals surface area (Å²) in [5.74, 6) is 0. The third-order valence-electron chi connectivity index (χ3n) is 3.26. The molecule has 3 nitrogen and oxygen atoms in total. The molecule has 0 amide bonds. The van der Waals surface area contributed by atoms with Gasteiger partial charge in [-0.25, -0.2) is 4.98 Å². The topological polar surface area (TPSA) is 43.3 Å². The summed E-state index contributed by atoms with van der Waals surface area (Å²) in [6.45, 7) is 2.69. The van der Waals surface area contributed by atoms with Crippen molar-refractivity contribution in [3.05, 3.63) is 45.0 Å². The van der Waals surface area contributed by atoms with Gasteiger partial charge in [-0.3, -0.25) is 4.40 Å². The Hall–Kier alpha value is -1.07.